The molecule has 188 valence electrons. The molecule has 0 spiro atoms. The van der Waals surface area contributed by atoms with E-state index in [0.29, 0.717) is 12.3 Å². The minimum Gasteiger partial charge on any atom is -0.396 e. The first kappa shape index (κ1) is 26.8. The highest BCUT2D eigenvalue weighted by Gasteiger charge is 2.10. The molecule has 0 bridgehead atoms. The minimum atomic E-state index is 0.621. The van der Waals surface area contributed by atoms with Crippen LogP contribution in [-0.4, -0.2) is 39.6 Å². The van der Waals surface area contributed by atoms with Crippen LogP contribution in [0, 0.1) is 0 Å². The number of hydrogen-bond acceptors (Lipinski definition) is 5. The Labute approximate surface area is 216 Å². The molecule has 0 aliphatic rings. The molecule has 0 heterocycles. The number of aliphatic imine (C=N–C) groups is 1. The fourth-order valence-corrected chi connectivity index (χ4v) is 3.87. The molecule has 0 aliphatic carbocycles. The SMILES string of the molecule is CCOC/C=C/c1ccc(C=N/C(=C(\N)c2ccc(NC)cc2)c2ccc(N(CC)CC)cc2)cc1. The Morgan fingerprint density at radius 2 is 1.47 bits per heavy atom. The van der Waals surface area contributed by atoms with Gasteiger partial charge in [-0.1, -0.05) is 60.7 Å². The predicted molar refractivity (Wildman–Crippen MR) is 157 cm³/mol. The highest BCUT2D eigenvalue weighted by Crippen LogP contribution is 2.27. The van der Waals surface area contributed by atoms with Crippen molar-refractivity contribution in [1.29, 1.82) is 0 Å². The van der Waals surface area contributed by atoms with Crippen molar-refractivity contribution < 1.29 is 4.74 Å². The van der Waals surface area contributed by atoms with Crippen molar-refractivity contribution in [3.05, 3.63) is 101 Å². The maximum atomic E-state index is 6.69. The van der Waals surface area contributed by atoms with Crippen molar-refractivity contribution in [3.8, 4) is 0 Å². The third-order valence-electron chi connectivity index (χ3n) is 6.02. The van der Waals surface area contributed by atoms with Crippen LogP contribution in [0.3, 0.4) is 0 Å². The van der Waals surface area contributed by atoms with Gasteiger partial charge in [-0.05, 0) is 61.7 Å². The Morgan fingerprint density at radius 1 is 0.861 bits per heavy atom. The lowest BCUT2D eigenvalue weighted by atomic mass is 10.0. The van der Waals surface area contributed by atoms with Crippen LogP contribution in [0.5, 0.6) is 0 Å². The molecule has 3 N–H and O–H groups in total. The summed E-state index contributed by atoms with van der Waals surface area (Å²) in [5.41, 5.74) is 14.4. The lowest BCUT2D eigenvalue weighted by Gasteiger charge is -2.21. The van der Waals surface area contributed by atoms with E-state index in [0.717, 1.165) is 53.3 Å². The van der Waals surface area contributed by atoms with E-state index in [-0.39, 0.29) is 0 Å². The second-order valence-electron chi connectivity index (χ2n) is 8.30. The number of hydrogen-bond donors (Lipinski definition) is 2. The molecule has 0 unspecified atom stereocenters. The molecule has 0 saturated heterocycles. The first-order valence-electron chi connectivity index (χ1n) is 12.6. The Morgan fingerprint density at radius 3 is 2.06 bits per heavy atom. The molecule has 36 heavy (non-hydrogen) atoms. The second kappa shape index (κ2) is 13.9. The molecular weight excluding hydrogens is 444 g/mol. The van der Waals surface area contributed by atoms with Crippen LogP contribution in [-0.2, 0) is 4.74 Å². The van der Waals surface area contributed by atoms with Crippen LogP contribution in [0.15, 0.2) is 83.9 Å². The molecule has 0 aromatic heterocycles. The van der Waals surface area contributed by atoms with E-state index in [1.54, 1.807) is 0 Å². The van der Waals surface area contributed by atoms with Crippen LogP contribution >= 0.6 is 0 Å². The monoisotopic (exact) mass is 482 g/mol. The van der Waals surface area contributed by atoms with Crippen molar-refractivity contribution in [2.45, 2.75) is 20.8 Å². The number of nitrogens with two attached hydrogens (primary N) is 1. The van der Waals surface area contributed by atoms with E-state index < -0.39 is 0 Å². The van der Waals surface area contributed by atoms with E-state index in [1.807, 2.05) is 50.5 Å². The number of nitrogens with one attached hydrogen (secondary N) is 1. The summed E-state index contributed by atoms with van der Waals surface area (Å²) in [4.78, 5) is 7.20. The molecule has 0 radical (unpaired) electrons. The largest absolute Gasteiger partial charge is 0.396 e. The zero-order chi connectivity index (χ0) is 25.8. The maximum Gasteiger partial charge on any atom is 0.0937 e. The van der Waals surface area contributed by atoms with Crippen LogP contribution in [0.25, 0.3) is 17.5 Å². The lowest BCUT2D eigenvalue weighted by molar-refractivity contribution is 0.178. The smallest absolute Gasteiger partial charge is 0.0937 e. The number of nitrogens with zero attached hydrogens (tertiary/aromatic N) is 2. The van der Waals surface area contributed by atoms with Crippen LogP contribution < -0.4 is 16.0 Å². The van der Waals surface area contributed by atoms with Crippen LogP contribution in [0.4, 0.5) is 11.4 Å². The normalized spacial score (nSPS) is 12.2. The van der Waals surface area contributed by atoms with Gasteiger partial charge in [-0.25, -0.2) is 0 Å². The van der Waals surface area contributed by atoms with Crippen LogP contribution in [0.1, 0.15) is 43.0 Å². The van der Waals surface area contributed by atoms with E-state index >= 15 is 0 Å². The number of benzene rings is 3. The average molecular weight is 483 g/mol. The van der Waals surface area contributed by atoms with E-state index in [9.17, 15) is 0 Å². The molecule has 0 amide bonds. The third-order valence-corrected chi connectivity index (χ3v) is 6.02. The Bertz CT molecular complexity index is 1160. The average Bonchev–Trinajstić information content (AvgIpc) is 2.93. The summed E-state index contributed by atoms with van der Waals surface area (Å²) in [5, 5.41) is 3.15. The molecule has 0 aliphatic heterocycles. The molecule has 0 saturated carbocycles. The number of anilines is 2. The summed E-state index contributed by atoms with van der Waals surface area (Å²) < 4.78 is 5.36. The van der Waals surface area contributed by atoms with Gasteiger partial charge in [0.25, 0.3) is 0 Å². The van der Waals surface area contributed by atoms with Gasteiger partial charge in [0, 0.05) is 49.9 Å². The van der Waals surface area contributed by atoms with Gasteiger partial charge in [0.05, 0.1) is 18.0 Å². The summed E-state index contributed by atoms with van der Waals surface area (Å²) in [7, 11) is 1.90. The van der Waals surface area contributed by atoms with Crippen molar-refractivity contribution in [1.82, 2.24) is 0 Å². The van der Waals surface area contributed by atoms with E-state index in [4.69, 9.17) is 15.5 Å². The summed E-state index contributed by atoms with van der Waals surface area (Å²) >= 11 is 0. The predicted octanol–water partition coefficient (Wildman–Crippen LogP) is 6.53. The number of rotatable bonds is 12. The van der Waals surface area contributed by atoms with Crippen molar-refractivity contribution in [2.75, 3.05) is 43.6 Å². The molecule has 0 atom stereocenters. The highest BCUT2D eigenvalue weighted by atomic mass is 16.5. The Hall–Kier alpha value is -3.83. The topological polar surface area (TPSA) is 62.9 Å². The second-order valence-corrected chi connectivity index (χ2v) is 8.30. The third kappa shape index (κ3) is 7.33. The maximum absolute atomic E-state index is 6.69. The molecule has 3 aromatic rings. The highest BCUT2D eigenvalue weighted by molar-refractivity contribution is 5.94. The summed E-state index contributed by atoms with van der Waals surface area (Å²) in [6.45, 7) is 9.60. The van der Waals surface area contributed by atoms with Gasteiger partial charge in [0.15, 0.2) is 0 Å². The fourth-order valence-electron chi connectivity index (χ4n) is 3.87. The van der Waals surface area contributed by atoms with Gasteiger partial charge in [-0.2, -0.15) is 0 Å². The Kier molecular flexibility index (Phi) is 10.3. The number of ether oxygens (including phenoxy) is 1. The zero-order valence-electron chi connectivity index (χ0n) is 21.9. The molecule has 5 heteroatoms. The van der Waals surface area contributed by atoms with Crippen molar-refractivity contribution in [2.24, 2.45) is 10.7 Å². The Balaban J connectivity index is 1.93. The molecule has 5 nitrogen and oxygen atoms in total. The first-order chi connectivity index (χ1) is 17.6. The summed E-state index contributed by atoms with van der Waals surface area (Å²) in [6, 6.07) is 24.8. The molecule has 3 aromatic carbocycles. The zero-order valence-corrected chi connectivity index (χ0v) is 21.9. The first-order valence-corrected chi connectivity index (χ1v) is 12.6. The molecule has 3 rings (SSSR count). The van der Waals surface area contributed by atoms with Gasteiger partial charge >= 0.3 is 0 Å². The van der Waals surface area contributed by atoms with Crippen molar-refractivity contribution >= 4 is 35.1 Å². The molecule has 0 fully saturated rings. The fraction of sp³-hybridized carbons (Fsp3) is 0.258. The lowest BCUT2D eigenvalue weighted by Crippen LogP contribution is -2.21. The summed E-state index contributed by atoms with van der Waals surface area (Å²) in [6.07, 6.45) is 5.96. The van der Waals surface area contributed by atoms with Gasteiger partial charge in [0.2, 0.25) is 0 Å². The quantitative estimate of drug-likeness (QED) is 0.175. The van der Waals surface area contributed by atoms with E-state index in [1.165, 1.54) is 5.69 Å². The standard InChI is InChI=1S/C31H38N4O/c1-5-35(6-2)29-20-16-27(17-21-29)31(30(32)26-14-18-28(33-4)19-15-26)34-23-25-12-10-24(11-13-25)9-8-22-36-7-3/h8-21,23,33H,5-7,22,32H2,1-4H3/b9-8+,31-30-,34-23?. The van der Waals surface area contributed by atoms with Gasteiger partial charge < -0.3 is 20.7 Å². The summed E-state index contributed by atoms with van der Waals surface area (Å²) in [5.74, 6) is 0. The van der Waals surface area contributed by atoms with E-state index in [2.05, 4.69) is 78.7 Å². The van der Waals surface area contributed by atoms with Gasteiger partial charge in [0.1, 0.15) is 0 Å². The van der Waals surface area contributed by atoms with Crippen molar-refractivity contribution in [3.63, 3.8) is 0 Å². The van der Waals surface area contributed by atoms with Gasteiger partial charge in [-0.15, -0.1) is 0 Å². The minimum absolute atomic E-state index is 0.621. The van der Waals surface area contributed by atoms with Crippen LogP contribution in [0.2, 0.25) is 0 Å². The molecular formula is C31H38N4O. The van der Waals surface area contributed by atoms with Gasteiger partial charge in [-0.3, -0.25) is 4.99 Å².